The van der Waals surface area contributed by atoms with Gasteiger partial charge < -0.3 is 4.90 Å². The van der Waals surface area contributed by atoms with E-state index in [2.05, 4.69) is 30.8 Å². The van der Waals surface area contributed by atoms with E-state index in [1.165, 1.54) is 12.3 Å². The van der Waals surface area contributed by atoms with Crippen molar-refractivity contribution in [2.45, 2.75) is 26.1 Å². The molecule has 2 rings (SSSR count). The van der Waals surface area contributed by atoms with Gasteiger partial charge in [0.25, 0.3) is 0 Å². The fourth-order valence-electron chi connectivity index (χ4n) is 2.60. The number of hydrogen-bond acceptors (Lipinski definition) is 3. The SMILES string of the molecule is C=CCc1ccccc1CN(C(=C)c1ccc(C(F)(F)F)nc1)/C(S)=C\C. The quantitative estimate of drug-likeness (QED) is 0.455. The highest BCUT2D eigenvalue weighted by molar-refractivity contribution is 7.84. The molecule has 2 aromatic rings. The predicted molar refractivity (Wildman–Crippen MR) is 107 cm³/mol. The Labute approximate surface area is 163 Å². The predicted octanol–water partition coefficient (Wildman–Crippen LogP) is 6.09. The first-order valence-electron chi connectivity index (χ1n) is 8.31. The lowest BCUT2D eigenvalue weighted by Gasteiger charge is -2.28. The fraction of sp³-hybridized carbons (Fsp3) is 0.190. The number of benzene rings is 1. The molecule has 0 amide bonds. The van der Waals surface area contributed by atoms with Gasteiger partial charge in [-0.1, -0.05) is 43.0 Å². The number of alkyl halides is 3. The van der Waals surface area contributed by atoms with E-state index in [9.17, 15) is 13.2 Å². The average molecular weight is 390 g/mol. The largest absolute Gasteiger partial charge is 0.433 e. The molecule has 1 aromatic carbocycles. The molecule has 6 heteroatoms. The Morgan fingerprint density at radius 3 is 2.37 bits per heavy atom. The Hall–Kier alpha value is -2.47. The van der Waals surface area contributed by atoms with Crippen molar-refractivity contribution in [1.29, 1.82) is 0 Å². The summed E-state index contributed by atoms with van der Waals surface area (Å²) in [4.78, 5) is 5.37. The molecule has 0 aliphatic rings. The molecule has 27 heavy (non-hydrogen) atoms. The summed E-state index contributed by atoms with van der Waals surface area (Å²) in [5.41, 5.74) is 2.27. The average Bonchev–Trinajstić information content (AvgIpc) is 2.66. The number of nitrogens with zero attached hydrogens (tertiary/aromatic N) is 2. The maximum Gasteiger partial charge on any atom is 0.433 e. The summed E-state index contributed by atoms with van der Waals surface area (Å²) < 4.78 is 38.2. The maximum atomic E-state index is 12.7. The van der Waals surface area contributed by atoms with Gasteiger partial charge in [0.1, 0.15) is 5.69 Å². The van der Waals surface area contributed by atoms with Crippen molar-refractivity contribution in [2.24, 2.45) is 0 Å². The molecule has 0 N–H and O–H groups in total. The van der Waals surface area contributed by atoms with Crippen LogP contribution >= 0.6 is 12.6 Å². The number of hydrogen-bond donors (Lipinski definition) is 1. The molecule has 0 saturated heterocycles. The lowest BCUT2D eigenvalue weighted by atomic mass is 10.0. The van der Waals surface area contributed by atoms with Crippen molar-refractivity contribution >= 4 is 18.3 Å². The smallest absolute Gasteiger partial charge is 0.332 e. The summed E-state index contributed by atoms with van der Waals surface area (Å²) in [6.45, 7) is 10.1. The molecular formula is C21H21F3N2S. The highest BCUT2D eigenvalue weighted by atomic mass is 32.1. The third kappa shape index (κ3) is 5.26. The van der Waals surface area contributed by atoms with Crippen LogP contribution in [-0.2, 0) is 19.1 Å². The van der Waals surface area contributed by atoms with Crippen LogP contribution in [0.25, 0.3) is 5.70 Å². The number of pyridine rings is 1. The number of thiol groups is 1. The molecule has 0 fully saturated rings. The zero-order valence-electron chi connectivity index (χ0n) is 15.0. The van der Waals surface area contributed by atoms with Crippen LogP contribution in [0.1, 0.15) is 29.3 Å². The van der Waals surface area contributed by atoms with Gasteiger partial charge in [0.05, 0.1) is 5.03 Å². The zero-order valence-corrected chi connectivity index (χ0v) is 15.9. The van der Waals surface area contributed by atoms with E-state index < -0.39 is 11.9 Å². The number of aromatic nitrogens is 1. The molecular weight excluding hydrogens is 369 g/mol. The third-order valence-electron chi connectivity index (χ3n) is 4.06. The van der Waals surface area contributed by atoms with Gasteiger partial charge in [-0.15, -0.1) is 19.2 Å². The second-order valence-electron chi connectivity index (χ2n) is 5.87. The summed E-state index contributed by atoms with van der Waals surface area (Å²) in [5, 5.41) is 0.647. The van der Waals surface area contributed by atoms with Gasteiger partial charge in [-0.2, -0.15) is 13.2 Å². The molecule has 0 atom stereocenters. The van der Waals surface area contributed by atoms with Crippen LogP contribution in [-0.4, -0.2) is 9.88 Å². The van der Waals surface area contributed by atoms with Gasteiger partial charge in [0.2, 0.25) is 0 Å². The summed E-state index contributed by atoms with van der Waals surface area (Å²) >= 11 is 4.50. The molecule has 0 aliphatic carbocycles. The van der Waals surface area contributed by atoms with Gasteiger partial charge >= 0.3 is 6.18 Å². The summed E-state index contributed by atoms with van der Waals surface area (Å²) in [5.74, 6) is 0. The summed E-state index contributed by atoms with van der Waals surface area (Å²) in [6, 6.07) is 10.2. The first kappa shape index (κ1) is 20.8. The van der Waals surface area contributed by atoms with Crippen molar-refractivity contribution in [3.8, 4) is 0 Å². The normalized spacial score (nSPS) is 12.0. The Balaban J connectivity index is 2.34. The molecule has 0 unspecified atom stereocenters. The lowest BCUT2D eigenvalue weighted by molar-refractivity contribution is -0.141. The van der Waals surface area contributed by atoms with Crippen LogP contribution in [0.15, 0.2) is 72.9 Å². The molecule has 0 spiro atoms. The molecule has 0 bridgehead atoms. The van der Waals surface area contributed by atoms with E-state index in [-0.39, 0.29) is 0 Å². The maximum absolute atomic E-state index is 12.7. The van der Waals surface area contributed by atoms with Crippen LogP contribution in [0, 0.1) is 0 Å². The third-order valence-corrected chi connectivity index (χ3v) is 4.56. The molecule has 0 radical (unpaired) electrons. The van der Waals surface area contributed by atoms with E-state index in [1.807, 2.05) is 48.2 Å². The Morgan fingerprint density at radius 1 is 1.19 bits per heavy atom. The topological polar surface area (TPSA) is 16.1 Å². The van der Waals surface area contributed by atoms with Gasteiger partial charge in [0, 0.05) is 24.0 Å². The minimum absolute atomic E-state index is 0.479. The fourth-order valence-corrected chi connectivity index (χ4v) is 2.79. The molecule has 142 valence electrons. The highest BCUT2D eigenvalue weighted by Crippen LogP contribution is 2.30. The molecule has 0 saturated carbocycles. The van der Waals surface area contributed by atoms with Gasteiger partial charge in [-0.3, -0.25) is 4.98 Å². The second kappa shape index (κ2) is 8.95. The monoisotopic (exact) mass is 390 g/mol. The first-order valence-corrected chi connectivity index (χ1v) is 8.75. The van der Waals surface area contributed by atoms with Crippen molar-refractivity contribution in [1.82, 2.24) is 9.88 Å². The van der Waals surface area contributed by atoms with Crippen LogP contribution < -0.4 is 0 Å². The first-order chi connectivity index (χ1) is 12.8. The van der Waals surface area contributed by atoms with Crippen LogP contribution in [0.3, 0.4) is 0 Å². The second-order valence-corrected chi connectivity index (χ2v) is 6.33. The van der Waals surface area contributed by atoms with Crippen molar-refractivity contribution in [3.05, 3.63) is 95.3 Å². The van der Waals surface area contributed by atoms with Gasteiger partial charge in [-0.05, 0) is 36.6 Å². The number of rotatable bonds is 7. The van der Waals surface area contributed by atoms with Crippen LogP contribution in [0.2, 0.25) is 0 Å². The van der Waals surface area contributed by atoms with Crippen LogP contribution in [0.5, 0.6) is 0 Å². The minimum atomic E-state index is -4.47. The van der Waals surface area contributed by atoms with E-state index in [0.29, 0.717) is 22.8 Å². The summed E-state index contributed by atoms with van der Waals surface area (Å²) in [7, 11) is 0. The van der Waals surface area contributed by atoms with Gasteiger partial charge in [0.15, 0.2) is 0 Å². The summed E-state index contributed by atoms with van der Waals surface area (Å²) in [6.07, 6.45) is 1.07. The molecule has 1 heterocycles. The zero-order chi connectivity index (χ0) is 20.0. The standard InChI is InChI=1S/C21H21F3N2S/c1-4-8-16-9-6-7-10-18(16)14-26(20(27)5-2)15(3)17-11-12-19(25-13-17)21(22,23)24/h4-7,9-13,27H,1,3,8,14H2,2H3/b20-5+. The molecule has 1 aromatic heterocycles. The van der Waals surface area contributed by atoms with Crippen molar-refractivity contribution in [2.75, 3.05) is 0 Å². The molecule has 2 nitrogen and oxygen atoms in total. The van der Waals surface area contributed by atoms with E-state index in [0.717, 1.165) is 23.6 Å². The minimum Gasteiger partial charge on any atom is -0.332 e. The van der Waals surface area contributed by atoms with E-state index in [4.69, 9.17) is 0 Å². The van der Waals surface area contributed by atoms with E-state index in [1.54, 1.807) is 0 Å². The Morgan fingerprint density at radius 2 is 1.85 bits per heavy atom. The molecule has 0 aliphatic heterocycles. The highest BCUT2D eigenvalue weighted by Gasteiger charge is 2.32. The van der Waals surface area contributed by atoms with Crippen molar-refractivity contribution in [3.63, 3.8) is 0 Å². The van der Waals surface area contributed by atoms with Crippen LogP contribution in [0.4, 0.5) is 13.2 Å². The Kier molecular flexibility index (Phi) is 6.91. The number of allylic oxidation sites excluding steroid dienone is 2. The van der Waals surface area contributed by atoms with E-state index >= 15 is 0 Å². The van der Waals surface area contributed by atoms with Crippen molar-refractivity contribution < 1.29 is 13.2 Å². The lowest BCUT2D eigenvalue weighted by Crippen LogP contribution is -2.19. The number of halogens is 3. The van der Waals surface area contributed by atoms with Gasteiger partial charge in [-0.25, -0.2) is 0 Å². The Bertz CT molecular complexity index is 839.